The van der Waals surface area contributed by atoms with E-state index >= 15 is 0 Å². The van der Waals surface area contributed by atoms with Crippen LogP contribution in [0.3, 0.4) is 0 Å². The second-order valence-corrected chi connectivity index (χ2v) is 6.62. The van der Waals surface area contributed by atoms with E-state index in [4.69, 9.17) is 5.73 Å². The predicted molar refractivity (Wildman–Crippen MR) is 107 cm³/mol. The quantitative estimate of drug-likeness (QED) is 0.660. The Morgan fingerprint density at radius 1 is 1.11 bits per heavy atom. The number of pyridine rings is 1. The van der Waals surface area contributed by atoms with Crippen molar-refractivity contribution in [3.8, 4) is 0 Å². The minimum atomic E-state index is -0.477. The lowest BCUT2D eigenvalue weighted by Gasteiger charge is -2.22. The molecule has 28 heavy (non-hydrogen) atoms. The number of carbonyl (C=O) groups excluding carboxylic acids is 1. The topological polar surface area (TPSA) is 103 Å². The minimum absolute atomic E-state index is 0.228. The van der Waals surface area contributed by atoms with E-state index in [-0.39, 0.29) is 16.9 Å². The number of fused-ring (bicyclic) bond motifs is 1. The molecular formula is C20H23N5O3. The van der Waals surface area contributed by atoms with E-state index in [0.717, 1.165) is 10.1 Å². The maximum atomic E-state index is 13.0. The van der Waals surface area contributed by atoms with Gasteiger partial charge in [0.05, 0.1) is 10.9 Å². The first-order chi connectivity index (χ1) is 13.4. The van der Waals surface area contributed by atoms with Crippen LogP contribution in [0, 0.1) is 0 Å². The van der Waals surface area contributed by atoms with Crippen molar-refractivity contribution in [2.45, 2.75) is 6.42 Å². The van der Waals surface area contributed by atoms with E-state index in [0.29, 0.717) is 31.6 Å². The summed E-state index contributed by atoms with van der Waals surface area (Å²) in [7, 11) is 2.94. The maximum absolute atomic E-state index is 13.0. The Kier molecular flexibility index (Phi) is 5.70. The summed E-state index contributed by atoms with van der Waals surface area (Å²) in [5.41, 5.74) is 6.41. The molecule has 0 saturated carbocycles. The molecule has 2 N–H and O–H groups in total. The minimum Gasteiger partial charge on any atom is -0.337 e. The van der Waals surface area contributed by atoms with Gasteiger partial charge in [0.15, 0.2) is 0 Å². The van der Waals surface area contributed by atoms with E-state index in [1.165, 1.54) is 23.9 Å². The van der Waals surface area contributed by atoms with Crippen molar-refractivity contribution in [1.29, 1.82) is 0 Å². The zero-order valence-corrected chi connectivity index (χ0v) is 16.0. The number of hydrogen-bond donors (Lipinski definition) is 1. The molecule has 0 radical (unpaired) electrons. The van der Waals surface area contributed by atoms with Crippen LogP contribution < -0.4 is 17.0 Å². The maximum Gasteiger partial charge on any atom is 0.332 e. The molecule has 0 bridgehead atoms. The van der Waals surface area contributed by atoms with Crippen molar-refractivity contribution >= 4 is 16.9 Å². The van der Waals surface area contributed by atoms with Gasteiger partial charge in [0.25, 0.3) is 11.5 Å². The number of hydrogen-bond acceptors (Lipinski definition) is 5. The van der Waals surface area contributed by atoms with E-state index < -0.39 is 11.2 Å². The van der Waals surface area contributed by atoms with Crippen molar-refractivity contribution in [2.24, 2.45) is 19.8 Å². The molecule has 1 amide bonds. The normalized spacial score (nSPS) is 11.0. The lowest BCUT2D eigenvalue weighted by atomic mass is 10.1. The summed E-state index contributed by atoms with van der Waals surface area (Å²) < 4.78 is 2.30. The van der Waals surface area contributed by atoms with Crippen LogP contribution in [0.2, 0.25) is 0 Å². The molecule has 8 nitrogen and oxygen atoms in total. The summed E-state index contributed by atoms with van der Waals surface area (Å²) in [5, 5.41) is 0.228. The van der Waals surface area contributed by atoms with Gasteiger partial charge >= 0.3 is 5.69 Å². The fourth-order valence-electron chi connectivity index (χ4n) is 3.14. The predicted octanol–water partition coefficient (Wildman–Crippen LogP) is 0.276. The van der Waals surface area contributed by atoms with Gasteiger partial charge in [-0.25, -0.2) is 9.78 Å². The molecule has 146 valence electrons. The Bertz CT molecular complexity index is 1120. The third kappa shape index (κ3) is 3.72. The Morgan fingerprint density at radius 3 is 2.50 bits per heavy atom. The molecule has 0 aliphatic rings. The first-order valence-electron chi connectivity index (χ1n) is 9.03. The smallest absolute Gasteiger partial charge is 0.332 e. The van der Waals surface area contributed by atoms with Gasteiger partial charge in [-0.3, -0.25) is 18.7 Å². The van der Waals surface area contributed by atoms with Gasteiger partial charge in [0, 0.05) is 39.9 Å². The summed E-state index contributed by atoms with van der Waals surface area (Å²) in [6.07, 6.45) is 2.10. The highest BCUT2D eigenvalue weighted by molar-refractivity contribution is 5.96. The Hall–Kier alpha value is -3.26. The van der Waals surface area contributed by atoms with Gasteiger partial charge in [-0.05, 0) is 18.1 Å². The van der Waals surface area contributed by atoms with Gasteiger partial charge in [-0.2, -0.15) is 0 Å². The Balaban J connectivity index is 1.93. The highest BCUT2D eigenvalue weighted by atomic mass is 16.2. The van der Waals surface area contributed by atoms with Crippen LogP contribution in [0.15, 0.2) is 52.2 Å². The number of amides is 1. The van der Waals surface area contributed by atoms with Gasteiger partial charge in [0.1, 0.15) is 5.65 Å². The van der Waals surface area contributed by atoms with Gasteiger partial charge in [0.2, 0.25) is 0 Å². The SMILES string of the molecule is Cn1c(=O)c2cc(C(=O)N(CCN)CCc3ccccc3)cnc2n(C)c1=O. The molecule has 0 aliphatic heterocycles. The van der Waals surface area contributed by atoms with Gasteiger partial charge < -0.3 is 10.6 Å². The standard InChI is InChI=1S/C20H23N5O3/c1-23-17-16(19(27)24(2)20(23)28)12-15(13-22-17)18(26)25(11-9-21)10-8-14-6-4-3-5-7-14/h3-7,12-13H,8-11,21H2,1-2H3. The van der Waals surface area contributed by atoms with Crippen molar-refractivity contribution < 1.29 is 4.79 Å². The van der Waals surface area contributed by atoms with Crippen LogP contribution in [-0.2, 0) is 20.5 Å². The summed E-state index contributed by atoms with van der Waals surface area (Å²) in [6, 6.07) is 11.4. The lowest BCUT2D eigenvalue weighted by molar-refractivity contribution is 0.0762. The zero-order valence-electron chi connectivity index (χ0n) is 16.0. The van der Waals surface area contributed by atoms with Crippen LogP contribution in [0.4, 0.5) is 0 Å². The fourth-order valence-corrected chi connectivity index (χ4v) is 3.14. The van der Waals surface area contributed by atoms with E-state index in [9.17, 15) is 14.4 Å². The number of aromatic nitrogens is 3. The van der Waals surface area contributed by atoms with Crippen molar-refractivity contribution in [3.05, 3.63) is 74.6 Å². The van der Waals surface area contributed by atoms with Crippen LogP contribution in [0.25, 0.3) is 11.0 Å². The highest BCUT2D eigenvalue weighted by Gasteiger charge is 2.18. The molecule has 8 heteroatoms. The van der Waals surface area contributed by atoms with E-state index in [1.807, 2.05) is 30.3 Å². The van der Waals surface area contributed by atoms with Gasteiger partial charge in [-0.1, -0.05) is 30.3 Å². The van der Waals surface area contributed by atoms with Crippen LogP contribution >= 0.6 is 0 Å². The van der Waals surface area contributed by atoms with Crippen molar-refractivity contribution in [1.82, 2.24) is 19.0 Å². The Labute approximate surface area is 161 Å². The summed E-state index contributed by atoms with van der Waals surface area (Å²) >= 11 is 0. The third-order valence-electron chi connectivity index (χ3n) is 4.74. The largest absolute Gasteiger partial charge is 0.337 e. The first-order valence-corrected chi connectivity index (χ1v) is 9.03. The van der Waals surface area contributed by atoms with Crippen LogP contribution in [-0.4, -0.2) is 44.6 Å². The number of nitrogens with two attached hydrogens (primary N) is 1. The molecular weight excluding hydrogens is 358 g/mol. The molecule has 0 saturated heterocycles. The average molecular weight is 381 g/mol. The molecule has 0 spiro atoms. The summed E-state index contributed by atoms with van der Waals surface area (Å²) in [6.45, 7) is 1.23. The fraction of sp³-hybridized carbons (Fsp3) is 0.300. The molecule has 0 unspecified atom stereocenters. The molecule has 0 atom stereocenters. The summed E-state index contributed by atoms with van der Waals surface area (Å²) in [5.74, 6) is -0.244. The third-order valence-corrected chi connectivity index (χ3v) is 4.74. The number of benzene rings is 1. The number of aryl methyl sites for hydroxylation is 1. The second kappa shape index (κ2) is 8.18. The highest BCUT2D eigenvalue weighted by Crippen LogP contribution is 2.11. The van der Waals surface area contributed by atoms with E-state index in [1.54, 1.807) is 11.9 Å². The first kappa shape index (κ1) is 19.5. The molecule has 1 aromatic carbocycles. The molecule has 0 fully saturated rings. The molecule has 0 aliphatic carbocycles. The monoisotopic (exact) mass is 381 g/mol. The lowest BCUT2D eigenvalue weighted by Crippen LogP contribution is -2.38. The average Bonchev–Trinajstić information content (AvgIpc) is 2.73. The molecule has 2 aromatic heterocycles. The number of nitrogens with zero attached hydrogens (tertiary/aromatic N) is 4. The molecule has 2 heterocycles. The number of carbonyl (C=O) groups is 1. The van der Waals surface area contributed by atoms with Crippen LogP contribution in [0.5, 0.6) is 0 Å². The van der Waals surface area contributed by atoms with Crippen molar-refractivity contribution in [3.63, 3.8) is 0 Å². The van der Waals surface area contributed by atoms with E-state index in [2.05, 4.69) is 4.98 Å². The van der Waals surface area contributed by atoms with Crippen molar-refractivity contribution in [2.75, 3.05) is 19.6 Å². The summed E-state index contributed by atoms with van der Waals surface area (Å²) in [4.78, 5) is 43.3. The molecule has 3 aromatic rings. The molecule has 3 rings (SSSR count). The second-order valence-electron chi connectivity index (χ2n) is 6.62. The number of rotatable bonds is 6. The Morgan fingerprint density at radius 2 is 1.82 bits per heavy atom. The zero-order chi connectivity index (χ0) is 20.3. The van der Waals surface area contributed by atoms with Gasteiger partial charge in [-0.15, -0.1) is 0 Å². The van der Waals surface area contributed by atoms with Crippen LogP contribution in [0.1, 0.15) is 15.9 Å².